The minimum absolute atomic E-state index is 0. The Balaban J connectivity index is 0.00000169. The van der Waals surface area contributed by atoms with Gasteiger partial charge < -0.3 is 28.5 Å². The van der Waals surface area contributed by atoms with E-state index in [-0.39, 0.29) is 24.0 Å². The molecule has 1 fully saturated rings. The summed E-state index contributed by atoms with van der Waals surface area (Å²) >= 11 is 0. The number of hydrogen-bond acceptors (Lipinski definition) is 0. The fraction of sp³-hybridized carbons (Fsp3) is 1.00. The van der Waals surface area contributed by atoms with E-state index in [0.29, 0.717) is 0 Å². The Morgan fingerprint density at radius 2 is 1.21 bits per heavy atom. The molecule has 1 aliphatic rings. The lowest BCUT2D eigenvalue weighted by Crippen LogP contribution is -3.00. The molecule has 0 aromatic heterocycles. The lowest BCUT2D eigenvalue weighted by molar-refractivity contribution is -0.927. The van der Waals surface area contributed by atoms with Gasteiger partial charge in [0, 0.05) is 0 Å². The Labute approximate surface area is 107 Å². The third kappa shape index (κ3) is 4.47. The average Bonchev–Trinajstić information content (AvgIpc) is 2.32. The van der Waals surface area contributed by atoms with Crippen molar-refractivity contribution >= 4 is 0 Å². The van der Waals surface area contributed by atoms with E-state index in [1.165, 1.54) is 69.2 Å². The molecule has 2 heteroatoms. The van der Waals surface area contributed by atoms with Crippen LogP contribution in [0.25, 0.3) is 0 Å². The summed E-state index contributed by atoms with van der Waals surface area (Å²) in [4.78, 5) is 0. The van der Waals surface area contributed by atoms with Crippen LogP contribution in [0.2, 0.25) is 0 Å². The Morgan fingerprint density at radius 3 is 1.57 bits per heavy atom. The summed E-state index contributed by atoms with van der Waals surface area (Å²) in [6.45, 7) is 10.4. The van der Waals surface area contributed by atoms with E-state index >= 15 is 0 Å². The third-order valence-electron chi connectivity index (χ3n) is 3.41. The summed E-state index contributed by atoms with van der Waals surface area (Å²) in [6.07, 6.45) is 8.63. The molecule has 0 aliphatic carbocycles. The van der Waals surface area contributed by atoms with Crippen LogP contribution in [-0.2, 0) is 0 Å². The lowest BCUT2D eigenvalue weighted by atomic mass is 10.2. The number of likely N-dealkylation sites (tertiary alicyclic amines) is 1. The van der Waals surface area contributed by atoms with E-state index in [0.717, 1.165) is 0 Å². The van der Waals surface area contributed by atoms with Crippen molar-refractivity contribution in [3.63, 3.8) is 0 Å². The molecule has 1 heterocycles. The van der Waals surface area contributed by atoms with Gasteiger partial charge in [-0.3, -0.25) is 0 Å². The Kier molecular flexibility index (Phi) is 8.30. The van der Waals surface area contributed by atoms with Crippen LogP contribution in [0.15, 0.2) is 0 Å². The monoisotopic (exact) mass is 311 g/mol. The van der Waals surface area contributed by atoms with Crippen LogP contribution in [0.1, 0.15) is 52.4 Å². The molecule has 0 aromatic rings. The molecule has 0 unspecified atom stereocenters. The van der Waals surface area contributed by atoms with Gasteiger partial charge in [-0.15, -0.1) is 0 Å². The van der Waals surface area contributed by atoms with Crippen molar-refractivity contribution < 1.29 is 28.5 Å². The molecule has 1 saturated heterocycles. The molecule has 0 atom stereocenters. The summed E-state index contributed by atoms with van der Waals surface area (Å²) < 4.78 is 1.44. The van der Waals surface area contributed by atoms with Crippen molar-refractivity contribution in [1.82, 2.24) is 0 Å². The Morgan fingerprint density at radius 1 is 0.786 bits per heavy atom. The highest BCUT2D eigenvalue weighted by Crippen LogP contribution is 2.19. The maximum Gasteiger partial charge on any atom is 0.0786 e. The second kappa shape index (κ2) is 7.91. The molecule has 1 rings (SSSR count). The molecule has 0 radical (unpaired) electrons. The minimum atomic E-state index is 0. The molecule has 0 spiro atoms. The highest BCUT2D eigenvalue weighted by Gasteiger charge is 2.26. The van der Waals surface area contributed by atoms with Crippen molar-refractivity contribution in [2.24, 2.45) is 0 Å². The molecule has 86 valence electrons. The highest BCUT2D eigenvalue weighted by atomic mass is 127. The van der Waals surface area contributed by atoms with E-state index in [2.05, 4.69) is 13.8 Å². The summed E-state index contributed by atoms with van der Waals surface area (Å²) in [5, 5.41) is 0. The SMILES string of the molecule is CCC[N+]1(CCC)CCCCCC1.[I-]. The summed E-state index contributed by atoms with van der Waals surface area (Å²) in [5.74, 6) is 0. The van der Waals surface area contributed by atoms with Gasteiger partial charge in [-0.2, -0.15) is 0 Å². The first-order valence-electron chi connectivity index (χ1n) is 6.18. The second-order valence-corrected chi connectivity index (χ2v) is 4.65. The zero-order valence-electron chi connectivity index (χ0n) is 9.90. The van der Waals surface area contributed by atoms with Crippen LogP contribution in [0, 0.1) is 0 Å². The normalized spacial score (nSPS) is 21.0. The van der Waals surface area contributed by atoms with E-state index in [4.69, 9.17) is 0 Å². The zero-order chi connectivity index (χ0) is 9.57. The molecular weight excluding hydrogens is 285 g/mol. The van der Waals surface area contributed by atoms with E-state index in [9.17, 15) is 0 Å². The number of nitrogens with zero attached hydrogens (tertiary/aromatic N) is 1. The molecule has 1 nitrogen and oxygen atoms in total. The van der Waals surface area contributed by atoms with Crippen LogP contribution >= 0.6 is 0 Å². The first-order chi connectivity index (χ1) is 6.33. The molecule has 0 saturated carbocycles. The summed E-state index contributed by atoms with van der Waals surface area (Å²) in [5.41, 5.74) is 0. The minimum Gasteiger partial charge on any atom is -1.00 e. The fourth-order valence-electron chi connectivity index (χ4n) is 2.87. The van der Waals surface area contributed by atoms with Gasteiger partial charge in [0.1, 0.15) is 0 Å². The van der Waals surface area contributed by atoms with E-state index in [1.807, 2.05) is 0 Å². The van der Waals surface area contributed by atoms with Gasteiger partial charge in [-0.05, 0) is 38.5 Å². The van der Waals surface area contributed by atoms with Crippen molar-refractivity contribution in [3.05, 3.63) is 0 Å². The first-order valence-corrected chi connectivity index (χ1v) is 6.18. The predicted octanol–water partition coefficient (Wildman–Crippen LogP) is 0.201. The standard InChI is InChI=1S/C12H26N.HI/c1-3-9-13(10-4-2)11-7-5-6-8-12-13;/h3-12H2,1-2H3;1H/q+1;/p-1. The number of rotatable bonds is 4. The summed E-state index contributed by atoms with van der Waals surface area (Å²) in [7, 11) is 0. The van der Waals surface area contributed by atoms with Crippen molar-refractivity contribution in [1.29, 1.82) is 0 Å². The van der Waals surface area contributed by atoms with Crippen LogP contribution < -0.4 is 24.0 Å². The predicted molar refractivity (Wildman–Crippen MR) is 58.8 cm³/mol. The van der Waals surface area contributed by atoms with Crippen LogP contribution in [-0.4, -0.2) is 30.7 Å². The molecular formula is C12H26IN. The average molecular weight is 311 g/mol. The molecule has 0 amide bonds. The fourth-order valence-corrected chi connectivity index (χ4v) is 2.87. The quantitative estimate of drug-likeness (QED) is 0.514. The zero-order valence-corrected chi connectivity index (χ0v) is 12.1. The summed E-state index contributed by atoms with van der Waals surface area (Å²) in [6, 6.07) is 0. The molecule has 14 heavy (non-hydrogen) atoms. The highest BCUT2D eigenvalue weighted by molar-refractivity contribution is 4.53. The third-order valence-corrected chi connectivity index (χ3v) is 3.41. The smallest absolute Gasteiger partial charge is 0.0786 e. The van der Waals surface area contributed by atoms with Gasteiger partial charge in [-0.25, -0.2) is 0 Å². The van der Waals surface area contributed by atoms with Crippen molar-refractivity contribution in [3.8, 4) is 0 Å². The number of halogens is 1. The molecule has 1 aliphatic heterocycles. The molecule has 0 aromatic carbocycles. The maximum absolute atomic E-state index is 2.33. The topological polar surface area (TPSA) is 0 Å². The first kappa shape index (κ1) is 14.7. The van der Waals surface area contributed by atoms with Crippen molar-refractivity contribution in [2.45, 2.75) is 52.4 Å². The molecule has 0 N–H and O–H groups in total. The Hall–Kier alpha value is 0.690. The van der Waals surface area contributed by atoms with Crippen molar-refractivity contribution in [2.75, 3.05) is 26.2 Å². The van der Waals surface area contributed by atoms with Gasteiger partial charge in [0.25, 0.3) is 0 Å². The molecule has 0 bridgehead atoms. The van der Waals surface area contributed by atoms with Crippen LogP contribution in [0.4, 0.5) is 0 Å². The second-order valence-electron chi connectivity index (χ2n) is 4.65. The van der Waals surface area contributed by atoms with E-state index < -0.39 is 0 Å². The van der Waals surface area contributed by atoms with Gasteiger partial charge >= 0.3 is 0 Å². The van der Waals surface area contributed by atoms with Gasteiger partial charge in [0.15, 0.2) is 0 Å². The van der Waals surface area contributed by atoms with Gasteiger partial charge in [0.05, 0.1) is 26.2 Å². The van der Waals surface area contributed by atoms with Gasteiger partial charge in [0.2, 0.25) is 0 Å². The Bertz CT molecular complexity index is 120. The maximum atomic E-state index is 2.33. The number of quaternary nitrogens is 1. The number of hydrogen-bond donors (Lipinski definition) is 0. The van der Waals surface area contributed by atoms with Gasteiger partial charge in [-0.1, -0.05) is 13.8 Å². The van der Waals surface area contributed by atoms with Crippen LogP contribution in [0.5, 0.6) is 0 Å². The van der Waals surface area contributed by atoms with E-state index in [1.54, 1.807) is 0 Å². The largest absolute Gasteiger partial charge is 1.00 e. The lowest BCUT2D eigenvalue weighted by Gasteiger charge is -2.37. The van der Waals surface area contributed by atoms with Crippen LogP contribution in [0.3, 0.4) is 0 Å².